The van der Waals surface area contributed by atoms with Gasteiger partial charge in [-0.2, -0.15) is 5.26 Å². The van der Waals surface area contributed by atoms with Crippen molar-refractivity contribution in [3.8, 4) is 11.8 Å². The molecule has 0 aliphatic carbocycles. The van der Waals surface area contributed by atoms with Gasteiger partial charge in [-0.25, -0.2) is 4.79 Å². The second-order valence-electron chi connectivity index (χ2n) is 6.58. The number of nitriles is 1. The average molecular weight is 469 g/mol. The van der Waals surface area contributed by atoms with Crippen molar-refractivity contribution in [2.24, 2.45) is 5.73 Å². The van der Waals surface area contributed by atoms with E-state index < -0.39 is 11.9 Å². The summed E-state index contributed by atoms with van der Waals surface area (Å²) >= 11 is 3.50. The van der Waals surface area contributed by atoms with Crippen LogP contribution < -0.4 is 10.5 Å². The standard InChI is InChI=1S/C23H21BrN2O4/c1-3-28-23(27)20-14(2)30-22(26)17(12-25)21(20)16-9-10-18(24)19(11-16)29-13-15-7-5-4-6-8-15/h4-11,21H,3,13,26H2,1-2H3. The number of carbonyl (C=O) groups excluding carboxylic acids is 1. The Morgan fingerprint density at radius 2 is 2.00 bits per heavy atom. The first-order chi connectivity index (χ1) is 14.5. The van der Waals surface area contributed by atoms with Gasteiger partial charge in [-0.3, -0.25) is 0 Å². The summed E-state index contributed by atoms with van der Waals surface area (Å²) in [6.07, 6.45) is 0. The minimum Gasteiger partial charge on any atom is -0.488 e. The fraction of sp³-hybridized carbons (Fsp3) is 0.217. The molecule has 2 aromatic rings. The lowest BCUT2D eigenvalue weighted by Crippen LogP contribution is -2.25. The molecule has 1 atom stereocenters. The van der Waals surface area contributed by atoms with Crippen LogP contribution in [0.4, 0.5) is 0 Å². The number of nitrogens with zero attached hydrogens (tertiary/aromatic N) is 1. The minimum absolute atomic E-state index is 0.0253. The molecule has 0 bridgehead atoms. The molecule has 1 unspecified atom stereocenters. The summed E-state index contributed by atoms with van der Waals surface area (Å²) in [5.41, 5.74) is 8.05. The van der Waals surface area contributed by atoms with E-state index in [9.17, 15) is 10.1 Å². The molecule has 7 heteroatoms. The molecule has 1 aliphatic rings. The van der Waals surface area contributed by atoms with Crippen LogP contribution in [0.15, 0.2) is 75.8 Å². The van der Waals surface area contributed by atoms with Gasteiger partial charge in [0.25, 0.3) is 0 Å². The molecule has 30 heavy (non-hydrogen) atoms. The third kappa shape index (κ3) is 4.50. The molecule has 0 saturated heterocycles. The van der Waals surface area contributed by atoms with Crippen LogP contribution in [0.25, 0.3) is 0 Å². The minimum atomic E-state index is -0.713. The van der Waals surface area contributed by atoms with Crippen LogP contribution in [0.2, 0.25) is 0 Å². The first kappa shape index (κ1) is 21.5. The lowest BCUT2D eigenvalue weighted by molar-refractivity contribution is -0.139. The lowest BCUT2D eigenvalue weighted by Gasteiger charge is -2.27. The Morgan fingerprint density at radius 1 is 1.27 bits per heavy atom. The number of rotatable bonds is 6. The lowest BCUT2D eigenvalue weighted by atomic mass is 9.83. The summed E-state index contributed by atoms with van der Waals surface area (Å²) in [4.78, 5) is 12.6. The van der Waals surface area contributed by atoms with E-state index in [0.29, 0.717) is 23.7 Å². The number of ether oxygens (including phenoxy) is 3. The number of benzene rings is 2. The van der Waals surface area contributed by atoms with Crippen molar-refractivity contribution < 1.29 is 19.0 Å². The summed E-state index contributed by atoms with van der Waals surface area (Å²) in [5, 5.41) is 9.70. The smallest absolute Gasteiger partial charge is 0.338 e. The van der Waals surface area contributed by atoms with Crippen LogP contribution in [-0.2, 0) is 20.9 Å². The summed E-state index contributed by atoms with van der Waals surface area (Å²) in [7, 11) is 0. The second-order valence-corrected chi connectivity index (χ2v) is 7.43. The van der Waals surface area contributed by atoms with Gasteiger partial charge in [-0.05, 0) is 53.0 Å². The Kier molecular flexibility index (Phi) is 6.80. The van der Waals surface area contributed by atoms with E-state index >= 15 is 0 Å². The normalized spacial score (nSPS) is 16.0. The Labute approximate surface area is 183 Å². The predicted octanol–water partition coefficient (Wildman–Crippen LogP) is 4.67. The Morgan fingerprint density at radius 3 is 2.67 bits per heavy atom. The number of allylic oxidation sites excluding steroid dienone is 2. The molecular formula is C23H21BrN2O4. The Bertz CT molecular complexity index is 1050. The molecule has 0 fully saturated rings. The van der Waals surface area contributed by atoms with E-state index in [1.165, 1.54) is 0 Å². The average Bonchev–Trinajstić information content (AvgIpc) is 2.73. The van der Waals surface area contributed by atoms with E-state index in [4.69, 9.17) is 19.9 Å². The SMILES string of the molecule is CCOC(=O)C1=C(C)OC(N)=C(C#N)C1c1ccc(Br)c(OCc2ccccc2)c1. The predicted molar refractivity (Wildman–Crippen MR) is 115 cm³/mol. The third-order valence-corrected chi connectivity index (χ3v) is 5.28. The molecule has 154 valence electrons. The molecule has 2 aromatic carbocycles. The zero-order chi connectivity index (χ0) is 21.7. The van der Waals surface area contributed by atoms with Gasteiger partial charge in [0.2, 0.25) is 5.88 Å². The van der Waals surface area contributed by atoms with Crippen molar-refractivity contribution in [2.75, 3.05) is 6.61 Å². The first-order valence-electron chi connectivity index (χ1n) is 9.37. The van der Waals surface area contributed by atoms with Crippen LogP contribution in [0.3, 0.4) is 0 Å². The molecule has 6 nitrogen and oxygen atoms in total. The van der Waals surface area contributed by atoms with Crippen molar-refractivity contribution in [2.45, 2.75) is 26.4 Å². The van der Waals surface area contributed by atoms with Crippen LogP contribution in [-0.4, -0.2) is 12.6 Å². The summed E-state index contributed by atoms with van der Waals surface area (Å²) in [6.45, 7) is 3.93. The van der Waals surface area contributed by atoms with Crippen LogP contribution in [0, 0.1) is 11.3 Å². The third-order valence-electron chi connectivity index (χ3n) is 4.63. The van der Waals surface area contributed by atoms with Gasteiger partial charge in [0.1, 0.15) is 29.8 Å². The summed E-state index contributed by atoms with van der Waals surface area (Å²) < 4.78 is 17.4. The topological polar surface area (TPSA) is 94.6 Å². The van der Waals surface area contributed by atoms with Gasteiger partial charge < -0.3 is 19.9 Å². The fourth-order valence-corrected chi connectivity index (χ4v) is 3.59. The van der Waals surface area contributed by atoms with E-state index in [0.717, 1.165) is 10.0 Å². The van der Waals surface area contributed by atoms with Gasteiger partial charge in [-0.15, -0.1) is 0 Å². The molecular weight excluding hydrogens is 448 g/mol. The van der Waals surface area contributed by atoms with E-state index in [1.54, 1.807) is 19.9 Å². The number of nitrogens with two attached hydrogens (primary N) is 1. The molecule has 0 amide bonds. The van der Waals surface area contributed by atoms with Gasteiger partial charge in [-0.1, -0.05) is 36.4 Å². The van der Waals surface area contributed by atoms with Crippen molar-refractivity contribution in [3.05, 3.63) is 86.9 Å². The number of halogens is 1. The van der Waals surface area contributed by atoms with Crippen molar-refractivity contribution in [1.82, 2.24) is 0 Å². The highest BCUT2D eigenvalue weighted by atomic mass is 79.9. The number of hydrogen-bond donors (Lipinski definition) is 1. The molecule has 0 aromatic heterocycles. The maximum atomic E-state index is 12.6. The molecule has 1 heterocycles. The molecule has 2 N–H and O–H groups in total. The van der Waals surface area contributed by atoms with Crippen molar-refractivity contribution >= 4 is 21.9 Å². The largest absolute Gasteiger partial charge is 0.488 e. The van der Waals surface area contributed by atoms with Crippen molar-refractivity contribution in [3.63, 3.8) is 0 Å². The highest BCUT2D eigenvalue weighted by Gasteiger charge is 2.36. The number of carbonyl (C=O) groups is 1. The second kappa shape index (κ2) is 9.51. The zero-order valence-electron chi connectivity index (χ0n) is 16.6. The monoisotopic (exact) mass is 468 g/mol. The quantitative estimate of drug-likeness (QED) is 0.618. The van der Waals surface area contributed by atoms with Crippen LogP contribution >= 0.6 is 15.9 Å². The fourth-order valence-electron chi connectivity index (χ4n) is 3.23. The van der Waals surface area contributed by atoms with Crippen LogP contribution in [0.1, 0.15) is 30.9 Å². The van der Waals surface area contributed by atoms with E-state index in [1.807, 2.05) is 42.5 Å². The number of hydrogen-bond acceptors (Lipinski definition) is 6. The van der Waals surface area contributed by atoms with Crippen molar-refractivity contribution in [1.29, 1.82) is 5.26 Å². The van der Waals surface area contributed by atoms with Gasteiger partial charge in [0.15, 0.2) is 0 Å². The van der Waals surface area contributed by atoms with Gasteiger partial charge in [0, 0.05) is 0 Å². The highest BCUT2D eigenvalue weighted by molar-refractivity contribution is 9.10. The maximum Gasteiger partial charge on any atom is 0.338 e. The molecule has 0 spiro atoms. The highest BCUT2D eigenvalue weighted by Crippen LogP contribution is 2.41. The molecule has 1 aliphatic heterocycles. The molecule has 0 radical (unpaired) electrons. The zero-order valence-corrected chi connectivity index (χ0v) is 18.2. The van der Waals surface area contributed by atoms with E-state index in [2.05, 4.69) is 22.0 Å². The maximum absolute atomic E-state index is 12.6. The molecule has 3 rings (SSSR count). The Hall–Kier alpha value is -3.24. The number of esters is 1. The van der Waals surface area contributed by atoms with Gasteiger partial charge in [0.05, 0.1) is 22.6 Å². The Balaban J connectivity index is 2.01. The van der Waals surface area contributed by atoms with Gasteiger partial charge >= 0.3 is 5.97 Å². The van der Waals surface area contributed by atoms with Crippen LogP contribution in [0.5, 0.6) is 5.75 Å². The first-order valence-corrected chi connectivity index (χ1v) is 10.2. The molecule has 0 saturated carbocycles. The summed E-state index contributed by atoms with van der Waals surface area (Å²) in [6, 6.07) is 17.3. The summed E-state index contributed by atoms with van der Waals surface area (Å²) in [5.74, 6) is -0.392. The van der Waals surface area contributed by atoms with E-state index in [-0.39, 0.29) is 23.6 Å².